The van der Waals surface area contributed by atoms with Crippen molar-refractivity contribution in [3.63, 3.8) is 0 Å². The summed E-state index contributed by atoms with van der Waals surface area (Å²) in [4.78, 5) is 0.331. The minimum atomic E-state index is -3.51. The minimum Gasteiger partial charge on any atom is -0.493 e. The summed E-state index contributed by atoms with van der Waals surface area (Å²) in [6.45, 7) is 0.524. The van der Waals surface area contributed by atoms with E-state index in [9.17, 15) is 8.42 Å². The van der Waals surface area contributed by atoms with Crippen LogP contribution in [0.5, 0.6) is 11.5 Å². The van der Waals surface area contributed by atoms with E-state index in [1.807, 2.05) is 24.3 Å². The van der Waals surface area contributed by atoms with E-state index in [4.69, 9.17) is 9.47 Å². The van der Waals surface area contributed by atoms with Gasteiger partial charge in [0.25, 0.3) is 0 Å². The smallest absolute Gasteiger partial charge is 0.243 e. The van der Waals surface area contributed by atoms with E-state index in [1.54, 1.807) is 42.8 Å². The van der Waals surface area contributed by atoms with Gasteiger partial charge >= 0.3 is 0 Å². The highest BCUT2D eigenvalue weighted by molar-refractivity contribution is 7.89. The van der Waals surface area contributed by atoms with E-state index in [0.29, 0.717) is 22.9 Å². The molecule has 2 aromatic rings. The molecule has 1 aliphatic heterocycles. The van der Waals surface area contributed by atoms with Gasteiger partial charge in [-0.05, 0) is 42.7 Å². The molecule has 0 amide bonds. The van der Waals surface area contributed by atoms with Crippen LogP contribution in [0.25, 0.3) is 0 Å². The van der Waals surface area contributed by atoms with Gasteiger partial charge in [0.1, 0.15) is 0 Å². The number of hydrogen-bond donors (Lipinski definition) is 0. The molecule has 1 heterocycles. The van der Waals surface area contributed by atoms with Gasteiger partial charge in [0, 0.05) is 6.54 Å². The molecule has 0 N–H and O–H groups in total. The zero-order valence-electron chi connectivity index (χ0n) is 13.8. The third-order valence-corrected chi connectivity index (χ3v) is 6.27. The molecule has 24 heavy (non-hydrogen) atoms. The van der Waals surface area contributed by atoms with E-state index < -0.39 is 10.0 Å². The first-order valence-corrected chi connectivity index (χ1v) is 9.30. The molecule has 2 aromatic carbocycles. The maximum Gasteiger partial charge on any atom is 0.243 e. The quantitative estimate of drug-likeness (QED) is 0.833. The van der Waals surface area contributed by atoms with E-state index in [1.165, 1.54) is 0 Å². The molecule has 0 aromatic heterocycles. The molecular weight excluding hydrogens is 326 g/mol. The van der Waals surface area contributed by atoms with Crippen molar-refractivity contribution in [3.8, 4) is 11.5 Å². The van der Waals surface area contributed by atoms with Gasteiger partial charge in [0.15, 0.2) is 11.5 Å². The van der Waals surface area contributed by atoms with Crippen LogP contribution in [0.4, 0.5) is 0 Å². The number of nitrogens with zero attached hydrogens (tertiary/aromatic N) is 1. The van der Waals surface area contributed by atoms with Crippen LogP contribution in [0.15, 0.2) is 53.4 Å². The van der Waals surface area contributed by atoms with Gasteiger partial charge in [-0.25, -0.2) is 8.42 Å². The first kappa shape index (κ1) is 16.8. The Bertz CT molecular complexity index is 805. The summed E-state index contributed by atoms with van der Waals surface area (Å²) < 4.78 is 38.1. The number of rotatable bonds is 5. The van der Waals surface area contributed by atoms with Crippen LogP contribution >= 0.6 is 0 Å². The summed E-state index contributed by atoms with van der Waals surface area (Å²) in [7, 11) is -0.349. The molecule has 1 unspecified atom stereocenters. The monoisotopic (exact) mass is 347 g/mol. The van der Waals surface area contributed by atoms with Gasteiger partial charge < -0.3 is 9.47 Å². The summed E-state index contributed by atoms with van der Waals surface area (Å²) in [5.41, 5.74) is 0.921. The molecule has 3 rings (SSSR count). The summed E-state index contributed by atoms with van der Waals surface area (Å²) >= 11 is 0. The fourth-order valence-electron chi connectivity index (χ4n) is 3.15. The normalized spacial score (nSPS) is 18.5. The first-order chi connectivity index (χ1) is 11.6. The van der Waals surface area contributed by atoms with Gasteiger partial charge in [0.05, 0.1) is 25.2 Å². The zero-order chi connectivity index (χ0) is 17.2. The van der Waals surface area contributed by atoms with E-state index in [-0.39, 0.29) is 6.04 Å². The summed E-state index contributed by atoms with van der Waals surface area (Å²) in [5.74, 6) is 1.25. The molecule has 1 fully saturated rings. The Kier molecular flexibility index (Phi) is 4.78. The van der Waals surface area contributed by atoms with Gasteiger partial charge in [-0.15, -0.1) is 0 Å². The van der Waals surface area contributed by atoms with Crippen molar-refractivity contribution in [3.05, 3.63) is 54.1 Å². The fraction of sp³-hybridized carbons (Fsp3) is 0.333. The van der Waals surface area contributed by atoms with Crippen molar-refractivity contribution < 1.29 is 17.9 Å². The van der Waals surface area contributed by atoms with Crippen molar-refractivity contribution in [2.75, 3.05) is 20.8 Å². The van der Waals surface area contributed by atoms with Gasteiger partial charge in [0.2, 0.25) is 10.0 Å². The fourth-order valence-corrected chi connectivity index (χ4v) is 4.85. The molecule has 0 spiro atoms. The Morgan fingerprint density at radius 1 is 1.00 bits per heavy atom. The predicted octanol–water partition coefficient (Wildman–Crippen LogP) is 3.23. The number of hydrogen-bond acceptors (Lipinski definition) is 4. The lowest BCUT2D eigenvalue weighted by molar-refractivity contribution is 0.351. The SMILES string of the molecule is COc1ccc(C2CCCN2S(=O)(=O)c2ccccc2)cc1OC. The second-order valence-electron chi connectivity index (χ2n) is 5.70. The van der Waals surface area contributed by atoms with Crippen molar-refractivity contribution >= 4 is 10.0 Å². The Balaban J connectivity index is 1.97. The largest absolute Gasteiger partial charge is 0.493 e. The van der Waals surface area contributed by atoms with Crippen LogP contribution in [0.1, 0.15) is 24.4 Å². The second kappa shape index (κ2) is 6.83. The van der Waals surface area contributed by atoms with Crippen LogP contribution in [0, 0.1) is 0 Å². The van der Waals surface area contributed by atoms with Crippen LogP contribution in [0.3, 0.4) is 0 Å². The maximum atomic E-state index is 13.0. The van der Waals surface area contributed by atoms with Crippen molar-refractivity contribution in [1.82, 2.24) is 4.31 Å². The van der Waals surface area contributed by atoms with Crippen LogP contribution < -0.4 is 9.47 Å². The standard InChI is InChI=1S/C18H21NO4S/c1-22-17-11-10-14(13-18(17)23-2)16-9-6-12-19(16)24(20,21)15-7-4-3-5-8-15/h3-5,7-8,10-11,13,16H,6,9,12H2,1-2H3. The summed E-state index contributed by atoms with van der Waals surface area (Å²) in [6, 6.07) is 14.0. The van der Waals surface area contributed by atoms with Crippen molar-refractivity contribution in [1.29, 1.82) is 0 Å². The number of methoxy groups -OCH3 is 2. The average Bonchev–Trinajstić information content (AvgIpc) is 3.12. The number of benzene rings is 2. The zero-order valence-corrected chi connectivity index (χ0v) is 14.6. The maximum absolute atomic E-state index is 13.0. The highest BCUT2D eigenvalue weighted by Gasteiger charge is 2.36. The number of ether oxygens (including phenoxy) is 2. The Labute approximate surface area is 142 Å². The molecule has 128 valence electrons. The van der Waals surface area contributed by atoms with Crippen LogP contribution in [-0.2, 0) is 10.0 Å². The molecule has 1 saturated heterocycles. The van der Waals surface area contributed by atoms with Crippen molar-refractivity contribution in [2.24, 2.45) is 0 Å². The van der Waals surface area contributed by atoms with E-state index in [0.717, 1.165) is 18.4 Å². The Morgan fingerprint density at radius 3 is 2.38 bits per heavy atom. The molecule has 0 saturated carbocycles. The van der Waals surface area contributed by atoms with Gasteiger partial charge in [-0.2, -0.15) is 4.31 Å². The lowest BCUT2D eigenvalue weighted by atomic mass is 10.0. The van der Waals surface area contributed by atoms with Crippen molar-refractivity contribution in [2.45, 2.75) is 23.8 Å². The first-order valence-electron chi connectivity index (χ1n) is 7.86. The van der Waals surface area contributed by atoms with E-state index >= 15 is 0 Å². The average molecular weight is 347 g/mol. The molecule has 5 nitrogen and oxygen atoms in total. The summed E-state index contributed by atoms with van der Waals surface area (Å²) in [5, 5.41) is 0. The summed E-state index contributed by atoms with van der Waals surface area (Å²) in [6.07, 6.45) is 1.63. The van der Waals surface area contributed by atoms with Crippen LogP contribution in [0.2, 0.25) is 0 Å². The molecule has 0 radical (unpaired) electrons. The second-order valence-corrected chi connectivity index (χ2v) is 7.59. The molecule has 0 bridgehead atoms. The van der Waals surface area contributed by atoms with Crippen LogP contribution in [-0.4, -0.2) is 33.5 Å². The van der Waals surface area contributed by atoms with Gasteiger partial charge in [-0.3, -0.25) is 0 Å². The minimum absolute atomic E-state index is 0.185. The molecule has 1 aliphatic rings. The lowest BCUT2D eigenvalue weighted by Crippen LogP contribution is -2.30. The highest BCUT2D eigenvalue weighted by atomic mass is 32.2. The third-order valence-electron chi connectivity index (χ3n) is 4.35. The highest BCUT2D eigenvalue weighted by Crippen LogP contribution is 2.39. The Morgan fingerprint density at radius 2 is 1.71 bits per heavy atom. The molecule has 0 aliphatic carbocycles. The molecule has 1 atom stereocenters. The Hall–Kier alpha value is -2.05. The van der Waals surface area contributed by atoms with Gasteiger partial charge in [-0.1, -0.05) is 24.3 Å². The van der Waals surface area contributed by atoms with E-state index in [2.05, 4.69) is 0 Å². The number of sulfonamides is 1. The third kappa shape index (κ3) is 2.99. The molecular formula is C18H21NO4S. The topological polar surface area (TPSA) is 55.8 Å². The lowest BCUT2D eigenvalue weighted by Gasteiger charge is -2.25. The molecule has 6 heteroatoms. The predicted molar refractivity (Wildman–Crippen MR) is 91.9 cm³/mol.